The third-order valence-electron chi connectivity index (χ3n) is 4.78. The first-order valence-electron chi connectivity index (χ1n) is 9.86. The van der Waals surface area contributed by atoms with Crippen LogP contribution in [0.1, 0.15) is 28.5 Å². The Hall–Kier alpha value is -3.34. The van der Waals surface area contributed by atoms with Crippen LogP contribution in [0.5, 0.6) is 5.75 Å². The van der Waals surface area contributed by atoms with Crippen LogP contribution in [0.2, 0.25) is 0 Å². The zero-order valence-electron chi connectivity index (χ0n) is 17.0. The summed E-state index contributed by atoms with van der Waals surface area (Å²) in [7, 11) is 1.68. The molecule has 0 aliphatic rings. The van der Waals surface area contributed by atoms with Gasteiger partial charge >= 0.3 is 0 Å². The molecule has 5 nitrogen and oxygen atoms in total. The number of pyridine rings is 1. The zero-order valence-corrected chi connectivity index (χ0v) is 17.0. The van der Waals surface area contributed by atoms with Crippen molar-refractivity contribution in [3.63, 3.8) is 0 Å². The molecule has 0 unspecified atom stereocenters. The van der Waals surface area contributed by atoms with Crippen molar-refractivity contribution in [1.29, 1.82) is 0 Å². The van der Waals surface area contributed by atoms with Crippen molar-refractivity contribution < 1.29 is 9.53 Å². The molecule has 0 saturated carbocycles. The van der Waals surface area contributed by atoms with Crippen molar-refractivity contribution in [2.24, 2.45) is 0 Å². The highest BCUT2D eigenvalue weighted by atomic mass is 16.5. The molecule has 2 aromatic carbocycles. The van der Waals surface area contributed by atoms with Crippen LogP contribution in [0.15, 0.2) is 72.9 Å². The monoisotopic (exact) mass is 389 g/mol. The molecule has 150 valence electrons. The van der Waals surface area contributed by atoms with Crippen molar-refractivity contribution in [2.45, 2.75) is 19.9 Å². The van der Waals surface area contributed by atoms with E-state index in [9.17, 15) is 4.79 Å². The van der Waals surface area contributed by atoms with Crippen molar-refractivity contribution in [1.82, 2.24) is 9.88 Å². The second-order valence-corrected chi connectivity index (χ2v) is 6.72. The van der Waals surface area contributed by atoms with E-state index in [0.29, 0.717) is 18.8 Å². The highest BCUT2D eigenvalue weighted by Gasteiger charge is 2.16. The average molecular weight is 389 g/mol. The van der Waals surface area contributed by atoms with Gasteiger partial charge in [-0.05, 0) is 42.7 Å². The third kappa shape index (κ3) is 5.57. The van der Waals surface area contributed by atoms with E-state index in [-0.39, 0.29) is 5.91 Å². The number of carbonyl (C=O) groups excluding carboxylic acids is 1. The van der Waals surface area contributed by atoms with Crippen molar-refractivity contribution in [3.05, 3.63) is 89.7 Å². The number of hydrogen-bond acceptors (Lipinski definition) is 4. The van der Waals surface area contributed by atoms with Crippen LogP contribution in [0.4, 0.5) is 5.69 Å². The number of carbonyl (C=O) groups is 1. The summed E-state index contributed by atoms with van der Waals surface area (Å²) in [6.45, 7) is 3.92. The first-order chi connectivity index (χ1) is 14.2. The molecule has 0 aliphatic heterocycles. The molecule has 0 radical (unpaired) electrons. The number of aromatic nitrogens is 1. The summed E-state index contributed by atoms with van der Waals surface area (Å²) in [6, 6.07) is 21.7. The van der Waals surface area contributed by atoms with Crippen LogP contribution in [0.3, 0.4) is 0 Å². The van der Waals surface area contributed by atoms with Gasteiger partial charge in [0, 0.05) is 31.5 Å². The first-order valence-corrected chi connectivity index (χ1v) is 9.86. The summed E-state index contributed by atoms with van der Waals surface area (Å²) >= 11 is 0. The normalized spacial score (nSPS) is 10.4. The number of ether oxygens (including phenoxy) is 1. The number of nitrogens with one attached hydrogen (secondary N) is 1. The maximum absolute atomic E-state index is 12.9. The van der Waals surface area contributed by atoms with Gasteiger partial charge in [-0.1, -0.05) is 48.5 Å². The van der Waals surface area contributed by atoms with Crippen LogP contribution >= 0.6 is 0 Å². The fraction of sp³-hybridized carbons (Fsp3) is 0.250. The van der Waals surface area contributed by atoms with Gasteiger partial charge in [-0.25, -0.2) is 0 Å². The standard InChI is InChI=1S/C24H27N3O2/c1-3-27(18-19-9-5-4-6-10-19)24(28)22-17-21(14-16-26-22)25-15-13-20-11-7-8-12-23(20)29-2/h4-12,14,16-17H,3,13,15,18H2,1-2H3,(H,25,26). The first kappa shape index (κ1) is 20.4. The number of para-hydroxylation sites is 1. The van der Waals surface area contributed by atoms with Gasteiger partial charge in [0.15, 0.2) is 0 Å². The minimum Gasteiger partial charge on any atom is -0.496 e. The van der Waals surface area contributed by atoms with Crippen LogP contribution in [0, 0.1) is 0 Å². The van der Waals surface area contributed by atoms with Gasteiger partial charge in [-0.2, -0.15) is 0 Å². The van der Waals surface area contributed by atoms with E-state index in [1.54, 1.807) is 18.2 Å². The maximum Gasteiger partial charge on any atom is 0.272 e. The molecular formula is C24H27N3O2. The quantitative estimate of drug-likeness (QED) is 0.589. The van der Waals surface area contributed by atoms with E-state index in [4.69, 9.17) is 4.74 Å². The van der Waals surface area contributed by atoms with Crippen LogP contribution in [0.25, 0.3) is 0 Å². The second-order valence-electron chi connectivity index (χ2n) is 6.72. The summed E-state index contributed by atoms with van der Waals surface area (Å²) in [5.41, 5.74) is 3.58. The number of hydrogen-bond donors (Lipinski definition) is 1. The number of nitrogens with zero attached hydrogens (tertiary/aromatic N) is 2. The van der Waals surface area contributed by atoms with Gasteiger partial charge in [0.2, 0.25) is 0 Å². The minimum absolute atomic E-state index is 0.0651. The van der Waals surface area contributed by atoms with Gasteiger partial charge in [0.25, 0.3) is 5.91 Å². The van der Waals surface area contributed by atoms with E-state index in [2.05, 4.69) is 16.4 Å². The molecular weight excluding hydrogens is 362 g/mol. The highest BCUT2D eigenvalue weighted by molar-refractivity contribution is 5.93. The average Bonchev–Trinajstić information content (AvgIpc) is 2.78. The lowest BCUT2D eigenvalue weighted by molar-refractivity contribution is 0.0746. The largest absolute Gasteiger partial charge is 0.496 e. The van der Waals surface area contributed by atoms with Crippen LogP contribution in [-0.2, 0) is 13.0 Å². The summed E-state index contributed by atoms with van der Waals surface area (Å²) in [4.78, 5) is 19.0. The predicted octanol–water partition coefficient (Wildman–Crippen LogP) is 4.41. The molecule has 5 heteroatoms. The lowest BCUT2D eigenvalue weighted by Gasteiger charge is -2.21. The zero-order chi connectivity index (χ0) is 20.5. The molecule has 0 saturated heterocycles. The Morgan fingerprint density at radius 2 is 1.83 bits per heavy atom. The number of rotatable bonds is 9. The SMILES string of the molecule is CCN(Cc1ccccc1)C(=O)c1cc(NCCc2ccccc2OC)ccn1. The Morgan fingerprint density at radius 1 is 1.07 bits per heavy atom. The molecule has 3 rings (SSSR count). The molecule has 1 aromatic heterocycles. The lowest BCUT2D eigenvalue weighted by atomic mass is 10.1. The van der Waals surface area contributed by atoms with Crippen molar-refractivity contribution in [2.75, 3.05) is 25.5 Å². The van der Waals surface area contributed by atoms with E-state index in [1.807, 2.05) is 67.6 Å². The Balaban J connectivity index is 1.62. The fourth-order valence-electron chi connectivity index (χ4n) is 3.20. The maximum atomic E-state index is 12.9. The predicted molar refractivity (Wildman–Crippen MR) is 116 cm³/mol. The van der Waals surface area contributed by atoms with E-state index < -0.39 is 0 Å². The number of anilines is 1. The molecule has 1 amide bonds. The van der Waals surface area contributed by atoms with E-state index in [1.165, 1.54) is 0 Å². The van der Waals surface area contributed by atoms with Crippen molar-refractivity contribution in [3.8, 4) is 5.75 Å². The minimum atomic E-state index is -0.0651. The molecule has 0 aliphatic carbocycles. The summed E-state index contributed by atoms with van der Waals surface area (Å²) in [5.74, 6) is 0.823. The van der Waals surface area contributed by atoms with Crippen LogP contribution < -0.4 is 10.1 Å². The summed E-state index contributed by atoms with van der Waals surface area (Å²) < 4.78 is 5.40. The van der Waals surface area contributed by atoms with Gasteiger partial charge in [-0.15, -0.1) is 0 Å². The smallest absolute Gasteiger partial charge is 0.272 e. The Morgan fingerprint density at radius 3 is 2.59 bits per heavy atom. The fourth-order valence-corrected chi connectivity index (χ4v) is 3.20. The lowest BCUT2D eigenvalue weighted by Crippen LogP contribution is -2.31. The molecule has 3 aromatic rings. The Bertz CT molecular complexity index is 928. The molecule has 1 heterocycles. The third-order valence-corrected chi connectivity index (χ3v) is 4.78. The Kier molecular flexibility index (Phi) is 7.22. The van der Waals surface area contributed by atoms with E-state index >= 15 is 0 Å². The van der Waals surface area contributed by atoms with Gasteiger partial charge in [0.1, 0.15) is 11.4 Å². The van der Waals surface area contributed by atoms with Gasteiger partial charge in [-0.3, -0.25) is 9.78 Å². The second kappa shape index (κ2) is 10.3. The van der Waals surface area contributed by atoms with Gasteiger partial charge in [0.05, 0.1) is 7.11 Å². The molecule has 1 N–H and O–H groups in total. The van der Waals surface area contributed by atoms with Crippen molar-refractivity contribution >= 4 is 11.6 Å². The topological polar surface area (TPSA) is 54.5 Å². The van der Waals surface area contributed by atoms with Crippen LogP contribution in [-0.4, -0.2) is 36.0 Å². The molecule has 0 atom stereocenters. The highest BCUT2D eigenvalue weighted by Crippen LogP contribution is 2.18. The van der Waals surface area contributed by atoms with Gasteiger partial charge < -0.3 is 15.0 Å². The molecule has 0 bridgehead atoms. The summed E-state index contributed by atoms with van der Waals surface area (Å²) in [5, 5.41) is 3.38. The molecule has 29 heavy (non-hydrogen) atoms. The number of benzene rings is 2. The number of methoxy groups -OCH3 is 1. The Labute approximate surface area is 172 Å². The molecule has 0 fully saturated rings. The molecule has 0 spiro atoms. The van der Waals surface area contributed by atoms with E-state index in [0.717, 1.165) is 35.5 Å². The number of amides is 1. The summed E-state index contributed by atoms with van der Waals surface area (Å²) in [6.07, 6.45) is 2.50.